The second-order valence-electron chi connectivity index (χ2n) is 8.02. The molecule has 1 aliphatic rings. The Labute approximate surface area is 181 Å². The van der Waals surface area contributed by atoms with Crippen LogP contribution in [0.3, 0.4) is 0 Å². The maximum Gasteiger partial charge on any atom is 0.227 e. The van der Waals surface area contributed by atoms with Crippen molar-refractivity contribution in [2.45, 2.75) is 25.3 Å². The van der Waals surface area contributed by atoms with Gasteiger partial charge < -0.3 is 14.2 Å². The fraction of sp³-hybridized carbons (Fsp3) is 0.231. The Balaban J connectivity index is 1.53. The highest BCUT2D eigenvalue weighted by atomic mass is 16.5. The first-order valence-corrected chi connectivity index (χ1v) is 10.6. The van der Waals surface area contributed by atoms with Crippen LogP contribution in [0, 0.1) is 0 Å². The third-order valence-corrected chi connectivity index (χ3v) is 6.17. The van der Waals surface area contributed by atoms with Gasteiger partial charge in [0, 0.05) is 24.6 Å². The average molecular weight is 412 g/mol. The number of amides is 1. The molecule has 1 aliphatic heterocycles. The number of hydrogen-bond acceptors (Lipinski definition) is 3. The van der Waals surface area contributed by atoms with E-state index < -0.39 is 0 Å². The molecule has 5 nitrogen and oxygen atoms in total. The van der Waals surface area contributed by atoms with Crippen LogP contribution >= 0.6 is 0 Å². The molecule has 5 rings (SSSR count). The van der Waals surface area contributed by atoms with Gasteiger partial charge in [0.05, 0.1) is 24.2 Å². The van der Waals surface area contributed by atoms with Gasteiger partial charge in [-0.05, 0) is 48.9 Å². The van der Waals surface area contributed by atoms with Crippen LogP contribution < -0.4 is 9.64 Å². The minimum absolute atomic E-state index is 0.0353. The number of aromatic nitrogens is 2. The number of imidazole rings is 1. The van der Waals surface area contributed by atoms with Crippen molar-refractivity contribution in [3.63, 3.8) is 0 Å². The molecule has 31 heavy (non-hydrogen) atoms. The van der Waals surface area contributed by atoms with E-state index in [4.69, 9.17) is 9.72 Å². The Kier molecular flexibility index (Phi) is 4.94. The number of carbonyl (C=O) groups is 1. The molecule has 0 bridgehead atoms. The van der Waals surface area contributed by atoms with Crippen molar-refractivity contribution in [1.29, 1.82) is 0 Å². The van der Waals surface area contributed by atoms with Gasteiger partial charge in [0.15, 0.2) is 0 Å². The van der Waals surface area contributed by atoms with Gasteiger partial charge in [-0.25, -0.2) is 4.98 Å². The molecule has 5 heteroatoms. The Bertz CT molecular complexity index is 1210. The molecule has 1 saturated heterocycles. The Hall–Kier alpha value is -3.60. The summed E-state index contributed by atoms with van der Waals surface area (Å²) in [4.78, 5) is 19.8. The summed E-state index contributed by atoms with van der Waals surface area (Å²) >= 11 is 0. The van der Waals surface area contributed by atoms with Crippen LogP contribution in [0.4, 0.5) is 5.69 Å². The van der Waals surface area contributed by atoms with Gasteiger partial charge in [0.1, 0.15) is 11.6 Å². The molecular formula is C26H25N3O2. The van der Waals surface area contributed by atoms with Gasteiger partial charge in [-0.15, -0.1) is 0 Å². The lowest BCUT2D eigenvalue weighted by Crippen LogP contribution is -2.24. The summed E-state index contributed by atoms with van der Waals surface area (Å²) in [6.45, 7) is 2.82. The third kappa shape index (κ3) is 3.46. The zero-order chi connectivity index (χ0) is 21.4. The van der Waals surface area contributed by atoms with E-state index in [-0.39, 0.29) is 17.9 Å². The predicted octanol–water partition coefficient (Wildman–Crippen LogP) is 5.17. The second kappa shape index (κ2) is 7.91. The fourth-order valence-corrected chi connectivity index (χ4v) is 4.53. The second-order valence-corrected chi connectivity index (χ2v) is 8.02. The molecule has 0 spiro atoms. The van der Waals surface area contributed by atoms with Crippen LogP contribution in [0.1, 0.15) is 36.7 Å². The SMILES string of the molecule is COc1ccc(N2C[C@H](c3nc4ccccc4n3[C@H](C)c3ccccc3)CC2=O)cc1. The van der Waals surface area contributed by atoms with Crippen molar-refractivity contribution in [3.8, 4) is 5.75 Å². The van der Waals surface area contributed by atoms with Crippen molar-refractivity contribution in [2.75, 3.05) is 18.6 Å². The maximum atomic E-state index is 12.9. The molecule has 1 amide bonds. The Morgan fingerprint density at radius 1 is 0.968 bits per heavy atom. The van der Waals surface area contributed by atoms with Gasteiger partial charge in [-0.1, -0.05) is 42.5 Å². The topological polar surface area (TPSA) is 47.4 Å². The highest BCUT2D eigenvalue weighted by molar-refractivity contribution is 5.96. The summed E-state index contributed by atoms with van der Waals surface area (Å²) in [5, 5.41) is 0. The quantitative estimate of drug-likeness (QED) is 0.455. The zero-order valence-electron chi connectivity index (χ0n) is 17.7. The number of anilines is 1. The van der Waals surface area contributed by atoms with Crippen LogP contribution in [0.15, 0.2) is 78.9 Å². The summed E-state index contributed by atoms with van der Waals surface area (Å²) < 4.78 is 7.56. The summed E-state index contributed by atoms with van der Waals surface area (Å²) in [5.74, 6) is 1.92. The molecule has 0 unspecified atom stereocenters. The van der Waals surface area contributed by atoms with Gasteiger partial charge in [-0.2, -0.15) is 0 Å². The van der Waals surface area contributed by atoms with E-state index in [1.807, 2.05) is 53.4 Å². The highest BCUT2D eigenvalue weighted by Crippen LogP contribution is 2.36. The molecule has 2 heterocycles. The number of fused-ring (bicyclic) bond motifs is 1. The summed E-state index contributed by atoms with van der Waals surface area (Å²) in [6, 6.07) is 26.5. The molecule has 0 radical (unpaired) electrons. The van der Waals surface area contributed by atoms with Crippen LogP contribution in [0.25, 0.3) is 11.0 Å². The van der Waals surface area contributed by atoms with E-state index in [0.717, 1.165) is 28.3 Å². The Morgan fingerprint density at radius 3 is 2.42 bits per heavy atom. The minimum Gasteiger partial charge on any atom is -0.497 e. The Morgan fingerprint density at radius 2 is 1.68 bits per heavy atom. The lowest BCUT2D eigenvalue weighted by atomic mass is 10.0. The molecule has 2 atom stereocenters. The first kappa shape index (κ1) is 19.4. The average Bonchev–Trinajstić information content (AvgIpc) is 3.40. The van der Waals surface area contributed by atoms with Crippen LogP contribution in [0.5, 0.6) is 5.75 Å². The lowest BCUT2D eigenvalue weighted by Gasteiger charge is -2.21. The molecule has 0 N–H and O–H groups in total. The summed E-state index contributed by atoms with van der Waals surface area (Å²) in [5.41, 5.74) is 4.19. The summed E-state index contributed by atoms with van der Waals surface area (Å²) in [7, 11) is 1.64. The lowest BCUT2D eigenvalue weighted by molar-refractivity contribution is -0.117. The normalized spacial score (nSPS) is 17.3. The van der Waals surface area contributed by atoms with Crippen LogP contribution in [-0.2, 0) is 4.79 Å². The van der Waals surface area contributed by atoms with Crippen molar-refractivity contribution < 1.29 is 9.53 Å². The van der Waals surface area contributed by atoms with Gasteiger partial charge >= 0.3 is 0 Å². The molecule has 1 aromatic heterocycles. The van der Waals surface area contributed by atoms with E-state index in [2.05, 4.69) is 41.8 Å². The smallest absolute Gasteiger partial charge is 0.227 e. The number of methoxy groups -OCH3 is 1. The summed E-state index contributed by atoms with van der Waals surface area (Å²) in [6.07, 6.45) is 0.455. The van der Waals surface area contributed by atoms with E-state index in [0.29, 0.717) is 13.0 Å². The standard InChI is InChI=1S/C26H25N3O2/c1-18(19-8-4-3-5-9-19)29-24-11-7-6-10-23(24)27-26(29)20-16-25(30)28(17-20)21-12-14-22(31-2)15-13-21/h3-15,18,20H,16-17H2,1-2H3/t18-,20-/m1/s1. The van der Waals surface area contributed by atoms with Crippen molar-refractivity contribution in [2.24, 2.45) is 0 Å². The number of benzene rings is 3. The van der Waals surface area contributed by atoms with Gasteiger partial charge in [0.2, 0.25) is 5.91 Å². The monoisotopic (exact) mass is 411 g/mol. The van der Waals surface area contributed by atoms with Crippen molar-refractivity contribution in [3.05, 3.63) is 90.3 Å². The van der Waals surface area contributed by atoms with Crippen molar-refractivity contribution in [1.82, 2.24) is 9.55 Å². The number of rotatable bonds is 5. The van der Waals surface area contributed by atoms with Crippen LogP contribution in [0.2, 0.25) is 0 Å². The first-order chi connectivity index (χ1) is 15.2. The minimum atomic E-state index is 0.0353. The highest BCUT2D eigenvalue weighted by Gasteiger charge is 2.35. The first-order valence-electron chi connectivity index (χ1n) is 10.6. The largest absolute Gasteiger partial charge is 0.497 e. The molecule has 0 saturated carbocycles. The van der Waals surface area contributed by atoms with Gasteiger partial charge in [0.25, 0.3) is 0 Å². The number of hydrogen-bond donors (Lipinski definition) is 0. The third-order valence-electron chi connectivity index (χ3n) is 6.17. The number of para-hydroxylation sites is 2. The van der Waals surface area contributed by atoms with E-state index in [1.54, 1.807) is 7.11 Å². The number of ether oxygens (including phenoxy) is 1. The molecule has 1 fully saturated rings. The molecule has 0 aliphatic carbocycles. The van der Waals surface area contributed by atoms with Crippen LogP contribution in [-0.4, -0.2) is 29.1 Å². The molecule has 4 aromatic rings. The van der Waals surface area contributed by atoms with E-state index >= 15 is 0 Å². The van der Waals surface area contributed by atoms with Crippen molar-refractivity contribution >= 4 is 22.6 Å². The molecule has 156 valence electrons. The predicted molar refractivity (Wildman–Crippen MR) is 123 cm³/mol. The molecule has 3 aromatic carbocycles. The fourth-order valence-electron chi connectivity index (χ4n) is 4.53. The van der Waals surface area contributed by atoms with E-state index in [1.165, 1.54) is 5.56 Å². The molecular weight excluding hydrogens is 386 g/mol. The number of nitrogens with zero attached hydrogens (tertiary/aromatic N) is 3. The van der Waals surface area contributed by atoms with E-state index in [9.17, 15) is 4.79 Å². The zero-order valence-corrected chi connectivity index (χ0v) is 17.7. The number of carbonyl (C=O) groups excluding carboxylic acids is 1. The van der Waals surface area contributed by atoms with Gasteiger partial charge in [-0.3, -0.25) is 4.79 Å². The maximum absolute atomic E-state index is 12.9.